The van der Waals surface area contributed by atoms with Gasteiger partial charge in [-0.25, -0.2) is 4.98 Å². The van der Waals surface area contributed by atoms with E-state index in [0.29, 0.717) is 37.1 Å². The quantitative estimate of drug-likeness (QED) is 0.353. The Balaban J connectivity index is 1.62. The van der Waals surface area contributed by atoms with E-state index in [4.69, 9.17) is 25.0 Å². The number of nitrogens with zero attached hydrogens (tertiary/aromatic N) is 4. The Morgan fingerprint density at radius 2 is 1.82 bits per heavy atom. The molecule has 0 amide bonds. The van der Waals surface area contributed by atoms with Crippen molar-refractivity contribution in [2.24, 2.45) is 10.9 Å². The van der Waals surface area contributed by atoms with Crippen LogP contribution in [0.4, 0.5) is 11.4 Å². The minimum Gasteiger partial charge on any atom is -0.476 e. The fourth-order valence-electron chi connectivity index (χ4n) is 4.14. The van der Waals surface area contributed by atoms with Crippen LogP contribution in [0.1, 0.15) is 16.8 Å². The van der Waals surface area contributed by atoms with Gasteiger partial charge in [-0.2, -0.15) is 5.10 Å². The van der Waals surface area contributed by atoms with Crippen LogP contribution in [0.5, 0.6) is 5.88 Å². The number of nitrogens with one attached hydrogen (secondary N) is 1. The van der Waals surface area contributed by atoms with E-state index in [1.54, 1.807) is 0 Å². The maximum atomic E-state index is 6.13. The average Bonchev–Trinajstić information content (AvgIpc) is 2.86. The zero-order chi connectivity index (χ0) is 23.0. The first-order valence-electron chi connectivity index (χ1n) is 11.5. The van der Waals surface area contributed by atoms with Crippen LogP contribution >= 0.6 is 0 Å². The fourth-order valence-corrected chi connectivity index (χ4v) is 4.14. The molecule has 9 nitrogen and oxygen atoms in total. The summed E-state index contributed by atoms with van der Waals surface area (Å²) in [5.74, 6) is 6.49. The predicted molar refractivity (Wildman–Crippen MR) is 131 cm³/mol. The Bertz CT molecular complexity index is 955. The van der Waals surface area contributed by atoms with E-state index in [1.165, 1.54) is 0 Å². The first-order valence-corrected chi connectivity index (χ1v) is 11.5. The SMILES string of the molecule is CNc1ccc(C)cc1C(=NN)c1cc(N2CCOCC2)cc(OCCN2CCOCC2)n1. The third kappa shape index (κ3) is 5.93. The number of morpholine rings is 2. The molecule has 1 aromatic carbocycles. The smallest absolute Gasteiger partial charge is 0.215 e. The van der Waals surface area contributed by atoms with Gasteiger partial charge >= 0.3 is 0 Å². The fraction of sp³-hybridized carbons (Fsp3) is 0.500. The second-order valence-corrected chi connectivity index (χ2v) is 8.23. The van der Waals surface area contributed by atoms with E-state index in [9.17, 15) is 0 Å². The number of aromatic nitrogens is 1. The van der Waals surface area contributed by atoms with Gasteiger partial charge in [0.1, 0.15) is 12.3 Å². The lowest BCUT2D eigenvalue weighted by atomic mass is 10.0. The molecule has 0 aliphatic carbocycles. The van der Waals surface area contributed by atoms with Gasteiger partial charge in [-0.05, 0) is 25.1 Å². The summed E-state index contributed by atoms with van der Waals surface area (Å²) < 4.78 is 17.1. The van der Waals surface area contributed by atoms with Gasteiger partial charge < -0.3 is 30.3 Å². The van der Waals surface area contributed by atoms with Crippen LogP contribution < -0.4 is 20.8 Å². The molecule has 0 atom stereocenters. The molecule has 0 bridgehead atoms. The number of hydrazone groups is 1. The van der Waals surface area contributed by atoms with Gasteiger partial charge in [0.25, 0.3) is 0 Å². The largest absolute Gasteiger partial charge is 0.476 e. The molecular formula is C24H34N6O3. The van der Waals surface area contributed by atoms with Crippen molar-refractivity contribution in [1.82, 2.24) is 9.88 Å². The van der Waals surface area contributed by atoms with Gasteiger partial charge in [0.05, 0.1) is 32.1 Å². The van der Waals surface area contributed by atoms with E-state index < -0.39 is 0 Å². The van der Waals surface area contributed by atoms with Crippen molar-refractivity contribution < 1.29 is 14.2 Å². The number of rotatable bonds is 8. The summed E-state index contributed by atoms with van der Waals surface area (Å²) in [6, 6.07) is 10.2. The summed E-state index contributed by atoms with van der Waals surface area (Å²) in [7, 11) is 1.89. The Morgan fingerprint density at radius 1 is 1.09 bits per heavy atom. The first-order chi connectivity index (χ1) is 16.2. The number of hydrogen-bond acceptors (Lipinski definition) is 9. The molecule has 1 aromatic heterocycles. The molecule has 3 heterocycles. The Hall–Kier alpha value is -2.88. The minimum absolute atomic E-state index is 0.556. The maximum Gasteiger partial charge on any atom is 0.215 e. The molecule has 0 unspecified atom stereocenters. The van der Waals surface area contributed by atoms with Gasteiger partial charge in [-0.1, -0.05) is 11.6 Å². The van der Waals surface area contributed by atoms with Crippen LogP contribution in [-0.4, -0.2) is 88.4 Å². The van der Waals surface area contributed by atoms with E-state index in [0.717, 1.165) is 68.4 Å². The van der Waals surface area contributed by atoms with Crippen LogP contribution in [0.25, 0.3) is 0 Å². The molecule has 4 rings (SSSR count). The van der Waals surface area contributed by atoms with Gasteiger partial charge in [0.2, 0.25) is 5.88 Å². The maximum absolute atomic E-state index is 6.13. The Labute approximate surface area is 195 Å². The average molecular weight is 455 g/mol. The molecule has 178 valence electrons. The normalized spacial score (nSPS) is 17.8. The molecule has 33 heavy (non-hydrogen) atoms. The third-order valence-electron chi connectivity index (χ3n) is 6.00. The zero-order valence-corrected chi connectivity index (χ0v) is 19.5. The summed E-state index contributed by atoms with van der Waals surface area (Å²) in [5.41, 5.74) is 5.31. The van der Waals surface area contributed by atoms with Crippen LogP contribution in [0.15, 0.2) is 35.4 Å². The molecule has 2 aliphatic rings. The van der Waals surface area contributed by atoms with Crippen molar-refractivity contribution in [3.8, 4) is 5.88 Å². The molecule has 2 saturated heterocycles. The summed E-state index contributed by atoms with van der Waals surface area (Å²) >= 11 is 0. The molecule has 2 aliphatic heterocycles. The molecular weight excluding hydrogens is 420 g/mol. The summed E-state index contributed by atoms with van der Waals surface area (Å²) in [5, 5.41) is 7.39. The lowest BCUT2D eigenvalue weighted by Gasteiger charge is -2.29. The molecule has 0 radical (unpaired) electrons. The molecule has 0 spiro atoms. The number of ether oxygens (including phenoxy) is 3. The third-order valence-corrected chi connectivity index (χ3v) is 6.00. The van der Waals surface area contributed by atoms with Gasteiger partial charge in [0, 0.05) is 62.8 Å². The topological polar surface area (TPSA) is 97.5 Å². The highest BCUT2D eigenvalue weighted by Crippen LogP contribution is 2.26. The van der Waals surface area contributed by atoms with Crippen molar-refractivity contribution in [2.75, 3.05) is 83.0 Å². The van der Waals surface area contributed by atoms with E-state index in [2.05, 4.69) is 39.3 Å². The zero-order valence-electron chi connectivity index (χ0n) is 19.5. The molecule has 3 N–H and O–H groups in total. The monoisotopic (exact) mass is 454 g/mol. The van der Waals surface area contributed by atoms with Crippen LogP contribution in [0, 0.1) is 6.92 Å². The first kappa shape index (κ1) is 23.3. The number of hydrogen-bond donors (Lipinski definition) is 2. The van der Waals surface area contributed by atoms with Gasteiger partial charge in [-0.15, -0.1) is 0 Å². The van der Waals surface area contributed by atoms with E-state index >= 15 is 0 Å². The van der Waals surface area contributed by atoms with Crippen LogP contribution in [0.3, 0.4) is 0 Å². The number of pyridine rings is 1. The van der Waals surface area contributed by atoms with Crippen molar-refractivity contribution in [2.45, 2.75) is 6.92 Å². The van der Waals surface area contributed by atoms with Crippen molar-refractivity contribution in [3.63, 3.8) is 0 Å². The highest BCUT2D eigenvalue weighted by Gasteiger charge is 2.19. The number of aryl methyl sites for hydroxylation is 1. The second-order valence-electron chi connectivity index (χ2n) is 8.23. The van der Waals surface area contributed by atoms with E-state index in [-0.39, 0.29) is 0 Å². The lowest BCUT2D eigenvalue weighted by molar-refractivity contribution is 0.0320. The summed E-state index contributed by atoms with van der Waals surface area (Å²) in [6.45, 7) is 9.88. The van der Waals surface area contributed by atoms with Crippen molar-refractivity contribution in [1.29, 1.82) is 0 Å². The van der Waals surface area contributed by atoms with Crippen LogP contribution in [-0.2, 0) is 9.47 Å². The highest BCUT2D eigenvalue weighted by molar-refractivity contribution is 6.15. The summed E-state index contributed by atoms with van der Waals surface area (Å²) in [6.07, 6.45) is 0. The Morgan fingerprint density at radius 3 is 2.52 bits per heavy atom. The Kier molecular flexibility index (Phi) is 7.98. The number of nitrogens with two attached hydrogens (primary N) is 1. The molecule has 2 aromatic rings. The lowest BCUT2D eigenvalue weighted by Crippen LogP contribution is -2.38. The van der Waals surface area contributed by atoms with Crippen molar-refractivity contribution in [3.05, 3.63) is 47.2 Å². The standard InChI is InChI=1S/C24H34N6O3/c1-18-3-4-21(26-2)20(15-18)24(28-25)22-16-19(30-8-12-32-13-9-30)17-23(27-22)33-14-7-29-5-10-31-11-6-29/h3-4,15-17,26H,5-14,25H2,1-2H3. The van der Waals surface area contributed by atoms with Crippen molar-refractivity contribution >= 4 is 17.1 Å². The molecule has 2 fully saturated rings. The van der Waals surface area contributed by atoms with Gasteiger partial charge in [-0.3, -0.25) is 4.90 Å². The highest BCUT2D eigenvalue weighted by atomic mass is 16.5. The summed E-state index contributed by atoms with van der Waals surface area (Å²) in [4.78, 5) is 9.43. The minimum atomic E-state index is 0.556. The number of anilines is 2. The van der Waals surface area contributed by atoms with Crippen LogP contribution in [0.2, 0.25) is 0 Å². The van der Waals surface area contributed by atoms with Gasteiger partial charge in [0.15, 0.2) is 0 Å². The number of benzene rings is 1. The molecule has 0 saturated carbocycles. The predicted octanol–water partition coefficient (Wildman–Crippen LogP) is 1.69. The molecule has 9 heteroatoms. The van der Waals surface area contributed by atoms with E-state index in [1.807, 2.05) is 25.2 Å². The second kappa shape index (κ2) is 11.3.